The predicted octanol–water partition coefficient (Wildman–Crippen LogP) is 2.00. The van der Waals surface area contributed by atoms with Gasteiger partial charge < -0.3 is 9.47 Å². The molecule has 7 heteroatoms. The van der Waals surface area contributed by atoms with Crippen LogP contribution < -0.4 is 4.72 Å². The second kappa shape index (κ2) is 6.47. The highest BCUT2D eigenvalue weighted by atomic mass is 32.3. The molecule has 82 valence electrons. The summed E-state index contributed by atoms with van der Waals surface area (Å²) >= 11 is -5.16. The van der Waals surface area contributed by atoms with Crippen LogP contribution >= 0.6 is 11.4 Å². The first-order valence-corrected chi connectivity index (χ1v) is 5.00. The zero-order valence-electron chi connectivity index (χ0n) is 7.56. The fraction of sp³-hybridized carbons (Fsp3) is 1.00. The molecule has 0 amide bonds. The predicted molar refractivity (Wildman–Crippen MR) is 46.2 cm³/mol. The summed E-state index contributed by atoms with van der Waals surface area (Å²) in [6.45, 7) is 0.326. The van der Waals surface area contributed by atoms with Crippen molar-refractivity contribution in [3.8, 4) is 0 Å². The lowest BCUT2D eigenvalue weighted by Crippen LogP contribution is -2.32. The third-order valence-corrected chi connectivity index (χ3v) is 1.94. The van der Waals surface area contributed by atoms with E-state index in [1.165, 1.54) is 14.2 Å². The van der Waals surface area contributed by atoms with Gasteiger partial charge in [-0.05, 0) is 6.42 Å². The first-order chi connectivity index (χ1) is 5.99. The first kappa shape index (κ1) is 13.0. The molecular weight excluding hydrogens is 207 g/mol. The van der Waals surface area contributed by atoms with Gasteiger partial charge in [0.15, 0.2) is 0 Å². The maximum Gasteiger partial charge on any atom is 0.275 e. The maximum atomic E-state index is 11.9. The Morgan fingerprint density at radius 3 is 2.23 bits per heavy atom. The molecule has 0 aliphatic carbocycles. The molecule has 0 aromatic carbocycles. The summed E-state index contributed by atoms with van der Waals surface area (Å²) in [5.41, 5.74) is 0. The second-order valence-electron chi connectivity index (χ2n) is 2.46. The third-order valence-electron chi connectivity index (χ3n) is 1.34. The Bertz CT molecular complexity index is 134. The van der Waals surface area contributed by atoms with Crippen molar-refractivity contribution >= 4 is 11.4 Å². The standard InChI is InChI=1S/C6H14F3NO2S/c1-11-4-3-6(5-12-2)10-13(7,8)9/h6,10H,3-5H2,1-2H3. The van der Waals surface area contributed by atoms with Gasteiger partial charge in [0.05, 0.1) is 6.61 Å². The summed E-state index contributed by atoms with van der Waals surface area (Å²) in [5, 5.41) is 0. The van der Waals surface area contributed by atoms with Crippen LogP contribution in [0.15, 0.2) is 0 Å². The Morgan fingerprint density at radius 1 is 1.23 bits per heavy atom. The molecule has 0 heterocycles. The lowest BCUT2D eigenvalue weighted by molar-refractivity contribution is 0.139. The third kappa shape index (κ3) is 8.35. The summed E-state index contributed by atoms with van der Waals surface area (Å²) in [5.74, 6) is 0. The Morgan fingerprint density at radius 2 is 1.85 bits per heavy atom. The van der Waals surface area contributed by atoms with Crippen LogP contribution in [-0.4, -0.2) is 33.5 Å². The number of ether oxygens (including phenoxy) is 2. The van der Waals surface area contributed by atoms with Gasteiger partial charge in [0.1, 0.15) is 0 Å². The number of hydrogen-bond acceptors (Lipinski definition) is 3. The molecule has 1 atom stereocenters. The van der Waals surface area contributed by atoms with E-state index in [1.54, 1.807) is 4.72 Å². The van der Waals surface area contributed by atoms with Crippen molar-refractivity contribution in [2.75, 3.05) is 27.4 Å². The van der Waals surface area contributed by atoms with E-state index in [0.29, 0.717) is 0 Å². The lowest BCUT2D eigenvalue weighted by atomic mass is 10.2. The monoisotopic (exact) mass is 221 g/mol. The van der Waals surface area contributed by atoms with E-state index in [9.17, 15) is 11.7 Å². The van der Waals surface area contributed by atoms with Crippen molar-refractivity contribution in [2.24, 2.45) is 0 Å². The molecule has 0 rings (SSSR count). The van der Waals surface area contributed by atoms with Crippen LogP contribution in [0.3, 0.4) is 0 Å². The number of halogens is 3. The Hall–Kier alpha value is 0.0200. The molecule has 1 unspecified atom stereocenters. The van der Waals surface area contributed by atoms with Gasteiger partial charge in [-0.25, -0.2) is 4.72 Å². The molecule has 3 nitrogen and oxygen atoms in total. The SMILES string of the molecule is COCCC(COC)NS(F)(F)F. The minimum absolute atomic E-state index is 0.0376. The quantitative estimate of drug-likeness (QED) is 0.713. The highest BCUT2D eigenvalue weighted by molar-refractivity contribution is 8.19. The van der Waals surface area contributed by atoms with Gasteiger partial charge in [-0.1, -0.05) is 0 Å². The van der Waals surface area contributed by atoms with Crippen molar-refractivity contribution in [2.45, 2.75) is 12.5 Å². The minimum Gasteiger partial charge on any atom is -0.385 e. The van der Waals surface area contributed by atoms with Gasteiger partial charge in [-0.3, -0.25) is 0 Å². The molecule has 0 fully saturated rings. The molecule has 0 aromatic rings. The normalized spacial score (nSPS) is 15.8. The van der Waals surface area contributed by atoms with Crippen LogP contribution in [0, 0.1) is 0 Å². The summed E-state index contributed by atoms with van der Waals surface area (Å²) in [7, 11) is 2.82. The molecule has 0 saturated heterocycles. The van der Waals surface area contributed by atoms with Gasteiger partial charge in [-0.15, -0.1) is 11.7 Å². The van der Waals surface area contributed by atoms with Crippen molar-refractivity contribution in [1.29, 1.82) is 0 Å². The highest BCUT2D eigenvalue weighted by Crippen LogP contribution is 2.49. The minimum atomic E-state index is -5.16. The Labute approximate surface area is 77.9 Å². The van der Waals surface area contributed by atoms with E-state index >= 15 is 0 Å². The van der Waals surface area contributed by atoms with Crippen molar-refractivity contribution in [3.05, 3.63) is 0 Å². The van der Waals surface area contributed by atoms with Gasteiger partial charge in [0.2, 0.25) is 0 Å². The fourth-order valence-electron chi connectivity index (χ4n) is 0.827. The van der Waals surface area contributed by atoms with E-state index in [1.807, 2.05) is 0 Å². The molecule has 0 spiro atoms. The Kier molecular flexibility index (Phi) is 6.48. The number of rotatable bonds is 7. The average Bonchev–Trinajstić information content (AvgIpc) is 1.98. The zero-order valence-corrected chi connectivity index (χ0v) is 8.37. The molecular formula is C6H14F3NO2S. The van der Waals surface area contributed by atoms with E-state index in [4.69, 9.17) is 0 Å². The van der Waals surface area contributed by atoms with E-state index in [0.717, 1.165) is 0 Å². The highest BCUT2D eigenvalue weighted by Gasteiger charge is 2.25. The zero-order chi connectivity index (χ0) is 10.3. The Balaban J connectivity index is 3.79. The van der Waals surface area contributed by atoms with Crippen LogP contribution in [-0.2, 0) is 9.47 Å². The summed E-state index contributed by atoms with van der Waals surface area (Å²) in [6, 6.07) is -0.708. The molecule has 0 aromatic heterocycles. The molecule has 0 bridgehead atoms. The van der Waals surface area contributed by atoms with Crippen molar-refractivity contribution in [3.63, 3.8) is 0 Å². The fourth-order valence-corrected chi connectivity index (χ4v) is 1.39. The van der Waals surface area contributed by atoms with Crippen molar-refractivity contribution < 1.29 is 21.1 Å². The van der Waals surface area contributed by atoms with Crippen LogP contribution in [0.25, 0.3) is 0 Å². The topological polar surface area (TPSA) is 30.5 Å². The van der Waals surface area contributed by atoms with Crippen LogP contribution in [0.1, 0.15) is 6.42 Å². The van der Waals surface area contributed by atoms with Crippen LogP contribution in [0.4, 0.5) is 11.7 Å². The number of hydrogen-bond donors (Lipinski definition) is 1. The lowest BCUT2D eigenvalue weighted by Gasteiger charge is -2.20. The second-order valence-corrected chi connectivity index (χ2v) is 3.51. The largest absolute Gasteiger partial charge is 0.385 e. The summed E-state index contributed by atoms with van der Waals surface area (Å²) in [6.07, 6.45) is 0.289. The molecule has 0 radical (unpaired) electrons. The summed E-state index contributed by atoms with van der Waals surface area (Å²) < 4.78 is 46.7. The van der Waals surface area contributed by atoms with E-state index < -0.39 is 17.4 Å². The number of methoxy groups -OCH3 is 2. The average molecular weight is 221 g/mol. The van der Waals surface area contributed by atoms with Gasteiger partial charge >= 0.3 is 0 Å². The molecule has 0 saturated carbocycles. The van der Waals surface area contributed by atoms with Crippen molar-refractivity contribution in [1.82, 2.24) is 4.72 Å². The van der Waals surface area contributed by atoms with Gasteiger partial charge in [0, 0.05) is 26.9 Å². The molecule has 0 aliphatic rings. The smallest absolute Gasteiger partial charge is 0.275 e. The summed E-state index contributed by atoms with van der Waals surface area (Å²) in [4.78, 5) is 0. The van der Waals surface area contributed by atoms with Gasteiger partial charge in [-0.2, -0.15) is 0 Å². The van der Waals surface area contributed by atoms with Gasteiger partial charge in [0.25, 0.3) is 11.4 Å². The maximum absolute atomic E-state index is 11.9. The molecule has 0 aliphatic heterocycles. The van der Waals surface area contributed by atoms with Crippen LogP contribution in [0.5, 0.6) is 0 Å². The number of nitrogens with one attached hydrogen (secondary N) is 1. The first-order valence-electron chi connectivity index (χ1n) is 3.67. The molecule has 13 heavy (non-hydrogen) atoms. The van der Waals surface area contributed by atoms with Crippen LogP contribution in [0.2, 0.25) is 0 Å². The van der Waals surface area contributed by atoms with E-state index in [-0.39, 0.29) is 19.6 Å². The van der Waals surface area contributed by atoms with E-state index in [2.05, 4.69) is 9.47 Å². The molecule has 1 N–H and O–H groups in total.